The summed E-state index contributed by atoms with van der Waals surface area (Å²) in [5.74, 6) is -0.743. The Morgan fingerprint density at radius 1 is 1.40 bits per heavy atom. The number of hydrogen-bond acceptors (Lipinski definition) is 3. The first-order valence-electron chi connectivity index (χ1n) is 5.12. The molecule has 0 aromatic heterocycles. The van der Waals surface area contributed by atoms with E-state index in [4.69, 9.17) is 16.3 Å². The number of rotatable bonds is 3. The molecular weight excluding hydrogens is 218 g/mol. The van der Waals surface area contributed by atoms with Gasteiger partial charge in [-0.2, -0.15) is 0 Å². The van der Waals surface area contributed by atoms with Crippen molar-refractivity contribution in [3.05, 3.63) is 0 Å². The number of halogens is 1. The van der Waals surface area contributed by atoms with Gasteiger partial charge >= 0.3 is 5.97 Å². The molecule has 0 unspecified atom stereocenters. The molecule has 0 heterocycles. The van der Waals surface area contributed by atoms with Gasteiger partial charge in [0.05, 0.1) is 13.0 Å². The smallest absolute Gasteiger partial charge is 0.310 e. The van der Waals surface area contributed by atoms with Crippen molar-refractivity contribution < 1.29 is 14.3 Å². The molecule has 0 aromatic rings. The van der Waals surface area contributed by atoms with Crippen LogP contribution in [0.15, 0.2) is 0 Å². The summed E-state index contributed by atoms with van der Waals surface area (Å²) in [5.41, 5.74) is 0. The number of amides is 1. The van der Waals surface area contributed by atoms with Gasteiger partial charge in [-0.05, 0) is 12.8 Å². The van der Waals surface area contributed by atoms with Gasteiger partial charge in [0, 0.05) is 6.04 Å². The molecule has 2 atom stereocenters. The molecular formula is C10H16ClNO3. The lowest BCUT2D eigenvalue weighted by molar-refractivity contribution is -0.147. The molecule has 1 N–H and O–H groups in total. The first kappa shape index (κ1) is 12.3. The van der Waals surface area contributed by atoms with Crippen LogP contribution in [-0.2, 0) is 14.3 Å². The van der Waals surface area contributed by atoms with Crippen molar-refractivity contribution in [1.82, 2.24) is 5.32 Å². The van der Waals surface area contributed by atoms with Crippen molar-refractivity contribution in [2.75, 3.05) is 13.0 Å². The van der Waals surface area contributed by atoms with Gasteiger partial charge in [0.25, 0.3) is 0 Å². The van der Waals surface area contributed by atoms with Crippen molar-refractivity contribution in [2.45, 2.75) is 31.7 Å². The normalized spacial score (nSPS) is 25.7. The number of carbonyl (C=O) groups excluding carboxylic acids is 2. The first-order valence-corrected chi connectivity index (χ1v) is 5.65. The number of ether oxygens (including phenoxy) is 1. The Kier molecular flexibility index (Phi) is 4.88. The van der Waals surface area contributed by atoms with Crippen LogP contribution in [0.3, 0.4) is 0 Å². The van der Waals surface area contributed by atoms with E-state index in [1.54, 1.807) is 0 Å². The molecule has 0 bridgehead atoms. The predicted octanol–water partition coefficient (Wildman–Crippen LogP) is 1.07. The zero-order valence-electron chi connectivity index (χ0n) is 8.79. The number of alkyl halides is 1. The molecule has 5 heteroatoms. The molecule has 1 aliphatic rings. The lowest BCUT2D eigenvalue weighted by Gasteiger charge is -2.29. The maximum atomic E-state index is 11.4. The summed E-state index contributed by atoms with van der Waals surface area (Å²) < 4.78 is 4.71. The number of methoxy groups -OCH3 is 1. The fraction of sp³-hybridized carbons (Fsp3) is 0.800. The molecule has 0 aromatic carbocycles. The minimum atomic E-state index is -0.241. The maximum Gasteiger partial charge on any atom is 0.310 e. The highest BCUT2D eigenvalue weighted by Crippen LogP contribution is 2.25. The summed E-state index contributed by atoms with van der Waals surface area (Å²) in [6, 6.07) is -0.113. The zero-order chi connectivity index (χ0) is 11.3. The fourth-order valence-electron chi connectivity index (χ4n) is 1.98. The molecule has 15 heavy (non-hydrogen) atoms. The highest BCUT2D eigenvalue weighted by atomic mass is 35.5. The van der Waals surface area contributed by atoms with Crippen LogP contribution in [0, 0.1) is 5.92 Å². The molecule has 0 spiro atoms. The van der Waals surface area contributed by atoms with Crippen LogP contribution in [0.25, 0.3) is 0 Å². The largest absolute Gasteiger partial charge is 0.469 e. The van der Waals surface area contributed by atoms with Crippen LogP contribution in [-0.4, -0.2) is 30.9 Å². The minimum absolute atomic E-state index is 0.0651. The van der Waals surface area contributed by atoms with Crippen molar-refractivity contribution in [3.63, 3.8) is 0 Å². The van der Waals surface area contributed by atoms with Gasteiger partial charge in [-0.25, -0.2) is 0 Å². The van der Waals surface area contributed by atoms with Crippen LogP contribution >= 0.6 is 11.6 Å². The topological polar surface area (TPSA) is 55.4 Å². The molecule has 1 amide bonds. The monoisotopic (exact) mass is 233 g/mol. The molecule has 0 aliphatic heterocycles. The Hall–Kier alpha value is -0.770. The van der Waals surface area contributed by atoms with E-state index in [2.05, 4.69) is 5.32 Å². The lowest BCUT2D eigenvalue weighted by atomic mass is 9.84. The third-order valence-electron chi connectivity index (χ3n) is 2.74. The Balaban J connectivity index is 2.57. The summed E-state index contributed by atoms with van der Waals surface area (Å²) in [7, 11) is 1.37. The molecule has 4 nitrogen and oxygen atoms in total. The van der Waals surface area contributed by atoms with E-state index >= 15 is 0 Å². The Labute approximate surface area is 94.3 Å². The number of hydrogen-bond donors (Lipinski definition) is 1. The van der Waals surface area contributed by atoms with Crippen LogP contribution in [0.1, 0.15) is 25.7 Å². The number of carbonyl (C=O) groups is 2. The van der Waals surface area contributed by atoms with Crippen LogP contribution in [0.2, 0.25) is 0 Å². The second-order valence-electron chi connectivity index (χ2n) is 3.72. The number of nitrogens with one attached hydrogen (secondary N) is 1. The van der Waals surface area contributed by atoms with E-state index in [-0.39, 0.29) is 29.7 Å². The van der Waals surface area contributed by atoms with Gasteiger partial charge in [0.2, 0.25) is 5.91 Å². The van der Waals surface area contributed by atoms with Gasteiger partial charge in [0.15, 0.2) is 0 Å². The summed E-state index contributed by atoms with van der Waals surface area (Å²) in [4.78, 5) is 22.6. The Morgan fingerprint density at radius 2 is 2.07 bits per heavy atom. The summed E-state index contributed by atoms with van der Waals surface area (Å²) in [6.07, 6.45) is 3.63. The van der Waals surface area contributed by atoms with Crippen LogP contribution < -0.4 is 5.32 Å². The summed E-state index contributed by atoms with van der Waals surface area (Å²) in [6.45, 7) is 0. The fourth-order valence-corrected chi connectivity index (χ4v) is 2.06. The van der Waals surface area contributed by atoms with E-state index in [0.29, 0.717) is 0 Å². The second-order valence-corrected chi connectivity index (χ2v) is 3.99. The van der Waals surface area contributed by atoms with Gasteiger partial charge in [0.1, 0.15) is 5.88 Å². The average Bonchev–Trinajstić information content (AvgIpc) is 2.28. The molecule has 1 aliphatic carbocycles. The standard InChI is InChI=1S/C10H16ClNO3/c1-15-10(14)7-4-2-3-5-8(7)12-9(13)6-11/h7-8H,2-6H2,1H3,(H,12,13)/t7-,8-/m1/s1. The Bertz CT molecular complexity index is 245. The van der Waals surface area contributed by atoms with Gasteiger partial charge < -0.3 is 10.1 Å². The van der Waals surface area contributed by atoms with Gasteiger partial charge in [-0.3, -0.25) is 9.59 Å². The van der Waals surface area contributed by atoms with E-state index in [9.17, 15) is 9.59 Å². The average molecular weight is 234 g/mol. The predicted molar refractivity (Wildman–Crippen MR) is 56.6 cm³/mol. The molecule has 1 rings (SSSR count). The van der Waals surface area contributed by atoms with E-state index < -0.39 is 0 Å². The molecule has 0 saturated heterocycles. The summed E-state index contributed by atoms with van der Waals surface area (Å²) >= 11 is 5.40. The van der Waals surface area contributed by atoms with Crippen molar-refractivity contribution >= 4 is 23.5 Å². The van der Waals surface area contributed by atoms with Gasteiger partial charge in [-0.15, -0.1) is 11.6 Å². The van der Waals surface area contributed by atoms with E-state index in [1.165, 1.54) is 7.11 Å². The highest BCUT2D eigenvalue weighted by Gasteiger charge is 2.32. The lowest BCUT2D eigenvalue weighted by Crippen LogP contribution is -2.45. The SMILES string of the molecule is COC(=O)[C@@H]1CCCC[C@H]1NC(=O)CCl. The zero-order valence-corrected chi connectivity index (χ0v) is 9.55. The maximum absolute atomic E-state index is 11.4. The first-order chi connectivity index (χ1) is 7.19. The van der Waals surface area contributed by atoms with Gasteiger partial charge in [-0.1, -0.05) is 12.8 Å². The molecule has 0 radical (unpaired) electrons. The van der Waals surface area contributed by atoms with Crippen LogP contribution in [0.5, 0.6) is 0 Å². The molecule has 1 saturated carbocycles. The summed E-state index contributed by atoms with van der Waals surface area (Å²) in [5, 5.41) is 2.76. The molecule has 1 fully saturated rings. The minimum Gasteiger partial charge on any atom is -0.469 e. The second kappa shape index (κ2) is 5.95. The quantitative estimate of drug-likeness (QED) is 0.586. The number of esters is 1. The van der Waals surface area contributed by atoms with Crippen molar-refractivity contribution in [1.29, 1.82) is 0 Å². The third kappa shape index (κ3) is 3.38. The van der Waals surface area contributed by atoms with Crippen molar-refractivity contribution in [2.24, 2.45) is 5.92 Å². The van der Waals surface area contributed by atoms with E-state index in [1.807, 2.05) is 0 Å². The Morgan fingerprint density at radius 3 is 2.67 bits per heavy atom. The van der Waals surface area contributed by atoms with E-state index in [0.717, 1.165) is 25.7 Å². The molecule has 86 valence electrons. The highest BCUT2D eigenvalue weighted by molar-refractivity contribution is 6.27. The van der Waals surface area contributed by atoms with Crippen molar-refractivity contribution in [3.8, 4) is 0 Å². The van der Waals surface area contributed by atoms with Crippen LogP contribution in [0.4, 0.5) is 0 Å². The third-order valence-corrected chi connectivity index (χ3v) is 2.98.